The van der Waals surface area contributed by atoms with Gasteiger partial charge in [-0.3, -0.25) is 4.79 Å². The van der Waals surface area contributed by atoms with Crippen molar-refractivity contribution in [2.45, 2.75) is 25.8 Å². The maximum absolute atomic E-state index is 12.2. The highest BCUT2D eigenvalue weighted by atomic mass is 32.1. The van der Waals surface area contributed by atoms with Gasteiger partial charge in [0.15, 0.2) is 17.4 Å². The number of carbonyl (C=O) groups excluding carboxylic acids is 2. The largest absolute Gasteiger partial charge is 0.451 e. The van der Waals surface area contributed by atoms with Crippen LogP contribution >= 0.6 is 11.3 Å². The number of benzene rings is 2. The lowest BCUT2D eigenvalue weighted by atomic mass is 10.1. The first-order chi connectivity index (χ1) is 15.7. The van der Waals surface area contributed by atoms with E-state index in [1.165, 1.54) is 30.6 Å². The minimum absolute atomic E-state index is 0.184. The summed E-state index contributed by atoms with van der Waals surface area (Å²) in [5.74, 6) is -1.01. The summed E-state index contributed by atoms with van der Waals surface area (Å²) in [5, 5.41) is 8.18. The summed E-state index contributed by atoms with van der Waals surface area (Å²) in [5.41, 5.74) is 3.14. The number of hydrogen-bond acceptors (Lipinski definition) is 7. The minimum Gasteiger partial charge on any atom is -0.451 e. The molecule has 0 spiro atoms. The highest BCUT2D eigenvalue weighted by Crippen LogP contribution is 2.22. The Labute approximate surface area is 191 Å². The third-order valence-corrected chi connectivity index (χ3v) is 6.01. The first-order valence-corrected chi connectivity index (χ1v) is 11.6. The molecule has 1 aliphatic heterocycles. The van der Waals surface area contributed by atoms with E-state index in [4.69, 9.17) is 4.74 Å². The van der Waals surface area contributed by atoms with Crippen molar-refractivity contribution in [3.63, 3.8) is 0 Å². The zero-order valence-electron chi connectivity index (χ0n) is 17.8. The fourth-order valence-corrected chi connectivity index (χ4v) is 4.21. The lowest BCUT2D eigenvalue weighted by Crippen LogP contribution is -2.29. The van der Waals surface area contributed by atoms with Crippen LogP contribution in [0.4, 0.5) is 16.5 Å². The van der Waals surface area contributed by atoms with Crippen molar-refractivity contribution in [2.24, 2.45) is 0 Å². The molecule has 2 aromatic carbocycles. The van der Waals surface area contributed by atoms with Gasteiger partial charge in [-0.1, -0.05) is 30.3 Å². The second-order valence-corrected chi connectivity index (χ2v) is 8.45. The summed E-state index contributed by atoms with van der Waals surface area (Å²) < 4.78 is 5.11. The van der Waals surface area contributed by atoms with E-state index in [1.54, 1.807) is 5.38 Å². The molecule has 3 aromatic rings. The number of amides is 1. The number of rotatable bonds is 8. The van der Waals surface area contributed by atoms with Crippen LogP contribution in [0.5, 0.6) is 0 Å². The van der Waals surface area contributed by atoms with Crippen molar-refractivity contribution in [2.75, 3.05) is 35.2 Å². The summed E-state index contributed by atoms with van der Waals surface area (Å²) in [6.45, 7) is 2.39. The average molecular weight is 451 g/mol. The maximum Gasteiger partial charge on any atom is 0.358 e. The molecule has 1 aromatic heterocycles. The molecule has 2 N–H and O–H groups in total. The number of esters is 1. The number of hydrogen-bond donors (Lipinski definition) is 2. The summed E-state index contributed by atoms with van der Waals surface area (Å²) in [4.78, 5) is 31.0. The van der Waals surface area contributed by atoms with Gasteiger partial charge in [0, 0.05) is 36.4 Å². The summed E-state index contributed by atoms with van der Waals surface area (Å²) in [6.07, 6.45) is 3.72. The molecule has 32 heavy (non-hydrogen) atoms. The predicted molar refractivity (Wildman–Crippen MR) is 127 cm³/mol. The molecule has 0 saturated carbocycles. The van der Waals surface area contributed by atoms with E-state index in [1.807, 2.05) is 54.6 Å². The second kappa shape index (κ2) is 10.8. The van der Waals surface area contributed by atoms with Gasteiger partial charge in [0.25, 0.3) is 5.91 Å². The van der Waals surface area contributed by atoms with Gasteiger partial charge >= 0.3 is 5.97 Å². The molecule has 4 rings (SSSR count). The van der Waals surface area contributed by atoms with Crippen molar-refractivity contribution in [3.8, 4) is 0 Å². The number of anilines is 3. The van der Waals surface area contributed by atoms with Crippen LogP contribution in [-0.2, 0) is 16.1 Å². The minimum atomic E-state index is -0.621. The van der Waals surface area contributed by atoms with Crippen LogP contribution in [0.3, 0.4) is 0 Å². The van der Waals surface area contributed by atoms with Crippen molar-refractivity contribution < 1.29 is 14.3 Å². The molecule has 0 bridgehead atoms. The smallest absolute Gasteiger partial charge is 0.358 e. The zero-order valence-corrected chi connectivity index (χ0v) is 18.6. The first-order valence-electron chi connectivity index (χ1n) is 10.7. The van der Waals surface area contributed by atoms with E-state index in [-0.39, 0.29) is 18.2 Å². The van der Waals surface area contributed by atoms with Crippen molar-refractivity contribution in [1.82, 2.24) is 4.98 Å². The van der Waals surface area contributed by atoms with Crippen LogP contribution in [0, 0.1) is 0 Å². The quantitative estimate of drug-likeness (QED) is 0.490. The monoisotopic (exact) mass is 450 g/mol. The van der Waals surface area contributed by atoms with E-state index in [2.05, 4.69) is 20.5 Å². The predicted octanol–water partition coefficient (Wildman–Crippen LogP) is 4.54. The Bertz CT molecular complexity index is 1030. The van der Waals surface area contributed by atoms with Crippen LogP contribution in [0.25, 0.3) is 0 Å². The molecular weight excluding hydrogens is 424 g/mol. The van der Waals surface area contributed by atoms with Crippen molar-refractivity contribution >= 4 is 39.7 Å². The van der Waals surface area contributed by atoms with Gasteiger partial charge in [0.2, 0.25) is 0 Å². The SMILES string of the molecule is O=C(COC(=O)c1csc(NCc2ccccc2)n1)Nc1ccc(N2CCCCC2)cc1. The van der Waals surface area contributed by atoms with Gasteiger partial charge in [0.1, 0.15) is 0 Å². The lowest BCUT2D eigenvalue weighted by Gasteiger charge is -2.28. The highest BCUT2D eigenvalue weighted by molar-refractivity contribution is 7.13. The number of nitrogens with zero attached hydrogens (tertiary/aromatic N) is 2. The second-order valence-electron chi connectivity index (χ2n) is 7.60. The van der Waals surface area contributed by atoms with Gasteiger partial charge in [-0.25, -0.2) is 9.78 Å². The van der Waals surface area contributed by atoms with Crippen LogP contribution < -0.4 is 15.5 Å². The van der Waals surface area contributed by atoms with E-state index < -0.39 is 5.97 Å². The molecule has 7 nitrogen and oxygen atoms in total. The molecule has 0 unspecified atom stereocenters. The molecule has 166 valence electrons. The molecule has 0 radical (unpaired) electrons. The Morgan fingerprint density at radius 3 is 2.50 bits per heavy atom. The van der Waals surface area contributed by atoms with Crippen LogP contribution in [0.2, 0.25) is 0 Å². The Kier molecular flexibility index (Phi) is 7.34. The van der Waals surface area contributed by atoms with Gasteiger partial charge in [-0.15, -0.1) is 11.3 Å². The Morgan fingerprint density at radius 2 is 1.75 bits per heavy atom. The Balaban J connectivity index is 1.21. The molecule has 0 aliphatic carbocycles. The summed E-state index contributed by atoms with van der Waals surface area (Å²) in [6, 6.07) is 17.7. The van der Waals surface area contributed by atoms with Crippen LogP contribution in [-0.4, -0.2) is 36.6 Å². The fourth-order valence-electron chi connectivity index (χ4n) is 3.53. The number of aromatic nitrogens is 1. The van der Waals surface area contributed by atoms with Gasteiger partial charge in [0.05, 0.1) is 0 Å². The normalized spacial score (nSPS) is 13.4. The molecule has 8 heteroatoms. The number of carbonyl (C=O) groups is 2. The average Bonchev–Trinajstić information content (AvgIpc) is 3.32. The third-order valence-electron chi connectivity index (χ3n) is 5.21. The summed E-state index contributed by atoms with van der Waals surface area (Å²) in [7, 11) is 0. The van der Waals surface area contributed by atoms with Gasteiger partial charge in [-0.05, 0) is 49.1 Å². The van der Waals surface area contributed by atoms with Crippen molar-refractivity contribution in [1.29, 1.82) is 0 Å². The van der Waals surface area contributed by atoms with E-state index in [0.717, 1.165) is 24.3 Å². The standard InChI is InChI=1S/C24H26N4O3S/c29-22(26-19-9-11-20(12-10-19)28-13-5-2-6-14-28)16-31-23(30)21-17-32-24(27-21)25-15-18-7-3-1-4-8-18/h1,3-4,7-12,17H,2,5-6,13-16H2,(H,25,27)(H,26,29). The molecule has 2 heterocycles. The fraction of sp³-hybridized carbons (Fsp3) is 0.292. The molecule has 1 aliphatic rings. The van der Waals surface area contributed by atoms with Crippen LogP contribution in [0.1, 0.15) is 35.3 Å². The maximum atomic E-state index is 12.2. The first kappa shape index (κ1) is 21.8. The Morgan fingerprint density at radius 1 is 1.00 bits per heavy atom. The number of piperidine rings is 1. The van der Waals surface area contributed by atoms with E-state index in [9.17, 15) is 9.59 Å². The molecule has 1 saturated heterocycles. The zero-order chi connectivity index (χ0) is 22.2. The molecule has 0 atom stereocenters. The Hall–Kier alpha value is -3.39. The molecule has 1 amide bonds. The summed E-state index contributed by atoms with van der Waals surface area (Å²) >= 11 is 1.32. The van der Waals surface area contributed by atoms with E-state index in [0.29, 0.717) is 17.4 Å². The topological polar surface area (TPSA) is 83.6 Å². The van der Waals surface area contributed by atoms with Crippen molar-refractivity contribution in [3.05, 3.63) is 71.2 Å². The number of thiazole rings is 1. The van der Waals surface area contributed by atoms with E-state index >= 15 is 0 Å². The molecule has 1 fully saturated rings. The lowest BCUT2D eigenvalue weighted by molar-refractivity contribution is -0.119. The van der Waals surface area contributed by atoms with Gasteiger partial charge < -0.3 is 20.3 Å². The molecular formula is C24H26N4O3S. The number of nitrogens with one attached hydrogen (secondary N) is 2. The van der Waals surface area contributed by atoms with Crippen LogP contribution in [0.15, 0.2) is 60.0 Å². The highest BCUT2D eigenvalue weighted by Gasteiger charge is 2.15. The number of ether oxygens (including phenoxy) is 1. The third kappa shape index (κ3) is 6.07. The van der Waals surface area contributed by atoms with Gasteiger partial charge in [-0.2, -0.15) is 0 Å².